The van der Waals surface area contributed by atoms with E-state index in [1.165, 1.54) is 11.8 Å². The summed E-state index contributed by atoms with van der Waals surface area (Å²) < 4.78 is 1.78. The van der Waals surface area contributed by atoms with E-state index in [-0.39, 0.29) is 10.8 Å². The third kappa shape index (κ3) is 4.29. The smallest absolute Gasteiger partial charge is 0.211 e. The van der Waals surface area contributed by atoms with Gasteiger partial charge in [0.15, 0.2) is 5.82 Å². The molecule has 1 heterocycles. The quantitative estimate of drug-likeness (QED) is 0.620. The molecule has 1 aromatic carbocycles. The number of hydrogen-bond acceptors (Lipinski definition) is 5. The fourth-order valence-electron chi connectivity index (χ4n) is 2.76. The van der Waals surface area contributed by atoms with Crippen molar-refractivity contribution in [2.75, 3.05) is 6.26 Å². The van der Waals surface area contributed by atoms with Crippen LogP contribution < -0.4 is 0 Å². The maximum Gasteiger partial charge on any atom is 0.211 e. The first-order chi connectivity index (χ1) is 12.0. The molecule has 1 aromatic heterocycles. The summed E-state index contributed by atoms with van der Waals surface area (Å²) in [4.78, 5) is 0. The molecule has 0 spiro atoms. The summed E-state index contributed by atoms with van der Waals surface area (Å²) in [5.74, 6) is 1.21. The maximum absolute atomic E-state index is 10.8. The molecule has 0 aliphatic heterocycles. The van der Waals surface area contributed by atoms with Gasteiger partial charge in [0, 0.05) is 17.5 Å². The zero-order chi connectivity index (χ0) is 19.7. The summed E-state index contributed by atoms with van der Waals surface area (Å²) in [7, 11) is 0. The molecule has 0 atom stereocenters. The number of nitrogens with zero attached hydrogens (tertiary/aromatic N) is 4. The Balaban J connectivity index is 2.59. The third-order valence-corrected chi connectivity index (χ3v) is 4.87. The molecule has 26 heavy (non-hydrogen) atoms. The van der Waals surface area contributed by atoms with E-state index in [1.807, 2.05) is 31.5 Å². The zero-order valence-electron chi connectivity index (χ0n) is 17.1. The Kier molecular flexibility index (Phi) is 5.85. The molecule has 0 aliphatic carbocycles. The molecule has 0 amide bonds. The van der Waals surface area contributed by atoms with Gasteiger partial charge in [-0.2, -0.15) is 9.78 Å². The van der Waals surface area contributed by atoms with Crippen molar-refractivity contribution < 1.29 is 5.11 Å². The number of thioether (sulfide) groups is 1. The van der Waals surface area contributed by atoms with E-state index in [0.717, 1.165) is 34.1 Å². The predicted octanol–water partition coefficient (Wildman–Crippen LogP) is 4.75. The normalized spacial score (nSPS) is 12.9. The predicted molar refractivity (Wildman–Crippen MR) is 110 cm³/mol. The highest BCUT2D eigenvalue weighted by Gasteiger charge is 2.26. The van der Waals surface area contributed by atoms with E-state index in [9.17, 15) is 5.11 Å². The molecule has 2 aromatic rings. The number of phenols is 1. The molecule has 0 fully saturated rings. The number of aryl methyl sites for hydroxylation is 1. The van der Waals surface area contributed by atoms with Crippen molar-refractivity contribution in [2.45, 2.75) is 70.9 Å². The van der Waals surface area contributed by atoms with Crippen LogP contribution in [0.2, 0.25) is 0 Å². The standard InChI is InChI=1S/C20H30N4OS/c1-9-16-22-23-18(26-8)24(16)21-12-13-10-14(19(2,3)4)17(25)15(11-13)20(5,6)7/h10-12,25H,9H2,1-8H3/b21-12-. The van der Waals surface area contributed by atoms with Crippen LogP contribution in [-0.2, 0) is 17.3 Å². The maximum atomic E-state index is 10.8. The van der Waals surface area contributed by atoms with Crippen molar-refractivity contribution in [3.63, 3.8) is 0 Å². The highest BCUT2D eigenvalue weighted by atomic mass is 32.2. The number of hydrogen-bond donors (Lipinski definition) is 1. The van der Waals surface area contributed by atoms with Gasteiger partial charge in [0.05, 0.1) is 6.21 Å². The van der Waals surface area contributed by atoms with E-state index < -0.39 is 0 Å². The Morgan fingerprint density at radius 1 is 1.08 bits per heavy atom. The molecule has 2 rings (SSSR count). The molecule has 0 saturated heterocycles. The molecule has 6 heteroatoms. The van der Waals surface area contributed by atoms with Gasteiger partial charge in [0.25, 0.3) is 0 Å². The summed E-state index contributed by atoms with van der Waals surface area (Å²) in [5, 5.41) is 24.6. The van der Waals surface area contributed by atoms with Crippen LogP contribution in [0.3, 0.4) is 0 Å². The van der Waals surface area contributed by atoms with E-state index >= 15 is 0 Å². The first kappa shape index (κ1) is 20.5. The largest absolute Gasteiger partial charge is 0.507 e. The van der Waals surface area contributed by atoms with E-state index in [0.29, 0.717) is 5.75 Å². The second-order valence-electron chi connectivity index (χ2n) is 8.48. The lowest BCUT2D eigenvalue weighted by atomic mass is 9.78. The Labute approximate surface area is 160 Å². The minimum Gasteiger partial charge on any atom is -0.507 e. The zero-order valence-corrected chi connectivity index (χ0v) is 17.9. The van der Waals surface area contributed by atoms with Gasteiger partial charge in [-0.3, -0.25) is 0 Å². The Morgan fingerprint density at radius 2 is 1.62 bits per heavy atom. The molecule has 0 aliphatic rings. The first-order valence-corrected chi connectivity index (χ1v) is 10.1. The lowest BCUT2D eigenvalue weighted by molar-refractivity contribution is 0.423. The third-order valence-electron chi connectivity index (χ3n) is 4.25. The van der Waals surface area contributed by atoms with Gasteiger partial charge in [-0.05, 0) is 34.8 Å². The molecule has 0 unspecified atom stereocenters. The molecule has 0 bridgehead atoms. The van der Waals surface area contributed by atoms with Crippen molar-refractivity contribution in [1.29, 1.82) is 0 Å². The molecule has 0 saturated carbocycles. The van der Waals surface area contributed by atoms with Crippen molar-refractivity contribution in [3.05, 3.63) is 34.6 Å². The first-order valence-electron chi connectivity index (χ1n) is 8.89. The highest BCUT2D eigenvalue weighted by molar-refractivity contribution is 7.98. The van der Waals surface area contributed by atoms with Crippen LogP contribution in [0.1, 0.15) is 71.0 Å². The summed E-state index contributed by atoms with van der Waals surface area (Å²) in [6.07, 6.45) is 4.55. The summed E-state index contributed by atoms with van der Waals surface area (Å²) >= 11 is 1.52. The van der Waals surface area contributed by atoms with Crippen LogP contribution in [-0.4, -0.2) is 32.5 Å². The summed E-state index contributed by atoms with van der Waals surface area (Å²) in [6, 6.07) is 4.03. The number of aromatic hydroxyl groups is 1. The lowest BCUT2D eigenvalue weighted by Gasteiger charge is -2.27. The molecule has 0 radical (unpaired) electrons. The second-order valence-corrected chi connectivity index (χ2v) is 9.25. The Hall–Kier alpha value is -1.82. The van der Waals surface area contributed by atoms with E-state index in [1.54, 1.807) is 4.68 Å². The molecule has 5 nitrogen and oxygen atoms in total. The van der Waals surface area contributed by atoms with Gasteiger partial charge in [-0.1, -0.05) is 60.2 Å². The van der Waals surface area contributed by atoms with Crippen LogP contribution in [0.25, 0.3) is 0 Å². The number of benzene rings is 1. The SMILES string of the molecule is CCc1nnc(SC)n1/N=C\c1cc(C(C)(C)C)c(O)c(C(C)(C)C)c1. The lowest BCUT2D eigenvalue weighted by Crippen LogP contribution is -2.18. The molecular weight excluding hydrogens is 344 g/mol. The second kappa shape index (κ2) is 7.43. The topological polar surface area (TPSA) is 63.3 Å². The van der Waals surface area contributed by atoms with Crippen LogP contribution in [0.5, 0.6) is 5.75 Å². The van der Waals surface area contributed by atoms with Crippen molar-refractivity contribution >= 4 is 18.0 Å². The fourth-order valence-corrected chi connectivity index (χ4v) is 3.21. The van der Waals surface area contributed by atoms with Crippen molar-refractivity contribution in [2.24, 2.45) is 5.10 Å². The van der Waals surface area contributed by atoms with Gasteiger partial charge in [0.2, 0.25) is 5.16 Å². The fraction of sp³-hybridized carbons (Fsp3) is 0.550. The summed E-state index contributed by atoms with van der Waals surface area (Å²) in [6.45, 7) is 14.7. The number of phenolic OH excluding ortho intramolecular Hbond substituents is 1. The molecule has 142 valence electrons. The van der Waals surface area contributed by atoms with Gasteiger partial charge >= 0.3 is 0 Å². The van der Waals surface area contributed by atoms with Crippen molar-refractivity contribution in [3.8, 4) is 5.75 Å². The average Bonchev–Trinajstić information content (AvgIpc) is 2.93. The van der Waals surface area contributed by atoms with Gasteiger partial charge < -0.3 is 5.11 Å². The molecular formula is C20H30N4OS. The van der Waals surface area contributed by atoms with Crippen molar-refractivity contribution in [1.82, 2.24) is 14.9 Å². The van der Waals surface area contributed by atoms with Gasteiger partial charge in [-0.15, -0.1) is 10.2 Å². The van der Waals surface area contributed by atoms with Gasteiger partial charge in [0.1, 0.15) is 5.75 Å². The Morgan fingerprint density at radius 3 is 2.04 bits per heavy atom. The van der Waals surface area contributed by atoms with Crippen LogP contribution in [0.4, 0.5) is 0 Å². The van der Waals surface area contributed by atoms with Crippen LogP contribution in [0.15, 0.2) is 22.4 Å². The number of rotatable bonds is 4. The number of aromatic nitrogens is 3. The van der Waals surface area contributed by atoms with E-state index in [4.69, 9.17) is 0 Å². The molecule has 1 N–H and O–H groups in total. The van der Waals surface area contributed by atoms with E-state index in [2.05, 4.69) is 56.8 Å². The minimum absolute atomic E-state index is 0.163. The minimum atomic E-state index is -0.163. The Bertz CT molecular complexity index is 754. The van der Waals surface area contributed by atoms with Gasteiger partial charge in [-0.25, -0.2) is 0 Å². The highest BCUT2D eigenvalue weighted by Crippen LogP contribution is 2.39. The van der Waals surface area contributed by atoms with Crippen LogP contribution >= 0.6 is 11.8 Å². The average molecular weight is 375 g/mol. The summed E-state index contributed by atoms with van der Waals surface area (Å²) in [5.41, 5.74) is 2.49. The van der Waals surface area contributed by atoms with Crippen LogP contribution in [0, 0.1) is 0 Å². The monoisotopic (exact) mass is 374 g/mol.